The quantitative estimate of drug-likeness (QED) is 0.780. The van der Waals surface area contributed by atoms with Crippen molar-refractivity contribution < 1.29 is 9.15 Å². The van der Waals surface area contributed by atoms with Crippen molar-refractivity contribution in [3.05, 3.63) is 30.2 Å². The van der Waals surface area contributed by atoms with Gasteiger partial charge in [0.1, 0.15) is 12.0 Å². The minimum absolute atomic E-state index is 0.548. The van der Waals surface area contributed by atoms with E-state index in [0.29, 0.717) is 30.3 Å². The lowest BCUT2D eigenvalue weighted by Crippen LogP contribution is -2.02. The largest absolute Gasteiger partial charge is 0.495 e. The summed E-state index contributed by atoms with van der Waals surface area (Å²) >= 11 is 0. The van der Waals surface area contributed by atoms with Crippen molar-refractivity contribution >= 4 is 5.69 Å². The Morgan fingerprint density at radius 2 is 2.24 bits per heavy atom. The van der Waals surface area contributed by atoms with Crippen LogP contribution in [-0.2, 0) is 6.42 Å². The first kappa shape index (κ1) is 11.5. The second-order valence-corrected chi connectivity index (χ2v) is 3.64. The molecule has 4 N–H and O–H groups in total. The summed E-state index contributed by atoms with van der Waals surface area (Å²) in [4.78, 5) is 4.33. The smallest absolute Gasteiger partial charge is 0.226 e. The number of nitrogen functional groups attached to an aromatic ring is 1. The van der Waals surface area contributed by atoms with E-state index in [1.165, 1.54) is 0 Å². The number of rotatable bonds is 4. The minimum atomic E-state index is 0.548. The molecule has 0 saturated heterocycles. The summed E-state index contributed by atoms with van der Waals surface area (Å²) in [5.41, 5.74) is 13.5. The van der Waals surface area contributed by atoms with E-state index < -0.39 is 0 Å². The fraction of sp³-hybridized carbons (Fsp3) is 0.250. The Morgan fingerprint density at radius 3 is 2.94 bits per heavy atom. The molecular weight excluding hydrogens is 218 g/mol. The van der Waals surface area contributed by atoms with Gasteiger partial charge in [0.15, 0.2) is 0 Å². The van der Waals surface area contributed by atoms with E-state index in [0.717, 1.165) is 11.3 Å². The Labute approximate surface area is 99.4 Å². The first-order valence-corrected chi connectivity index (χ1v) is 5.33. The SMILES string of the molecule is COc1cc(-c2nc(CCN)co2)ccc1N. The molecule has 0 aliphatic rings. The van der Waals surface area contributed by atoms with Crippen molar-refractivity contribution in [3.8, 4) is 17.2 Å². The van der Waals surface area contributed by atoms with Crippen molar-refractivity contribution in [1.82, 2.24) is 4.98 Å². The number of aromatic nitrogens is 1. The second-order valence-electron chi connectivity index (χ2n) is 3.64. The molecular formula is C12H15N3O2. The number of oxazole rings is 1. The van der Waals surface area contributed by atoms with Gasteiger partial charge in [-0.1, -0.05) is 0 Å². The number of hydrogen-bond donors (Lipinski definition) is 2. The van der Waals surface area contributed by atoms with Crippen LogP contribution in [0, 0.1) is 0 Å². The maximum atomic E-state index is 5.74. The molecule has 0 spiro atoms. The molecule has 0 atom stereocenters. The highest BCUT2D eigenvalue weighted by molar-refractivity contribution is 5.64. The summed E-state index contributed by atoms with van der Waals surface area (Å²) in [5.74, 6) is 1.16. The lowest BCUT2D eigenvalue weighted by Gasteiger charge is -2.04. The average Bonchev–Trinajstić information content (AvgIpc) is 2.79. The van der Waals surface area contributed by atoms with E-state index in [1.54, 1.807) is 25.5 Å². The van der Waals surface area contributed by atoms with Gasteiger partial charge in [0.05, 0.1) is 18.5 Å². The van der Waals surface area contributed by atoms with Crippen molar-refractivity contribution in [2.45, 2.75) is 6.42 Å². The van der Waals surface area contributed by atoms with E-state index >= 15 is 0 Å². The number of methoxy groups -OCH3 is 1. The Morgan fingerprint density at radius 1 is 1.41 bits per heavy atom. The topological polar surface area (TPSA) is 87.3 Å². The van der Waals surface area contributed by atoms with Gasteiger partial charge in [-0.25, -0.2) is 4.98 Å². The minimum Gasteiger partial charge on any atom is -0.495 e. The molecule has 0 amide bonds. The average molecular weight is 233 g/mol. The zero-order valence-electron chi connectivity index (χ0n) is 9.64. The van der Waals surface area contributed by atoms with Crippen LogP contribution < -0.4 is 16.2 Å². The summed E-state index contributed by atoms with van der Waals surface area (Å²) < 4.78 is 10.5. The van der Waals surface area contributed by atoms with Crippen LogP contribution in [0.5, 0.6) is 5.75 Å². The van der Waals surface area contributed by atoms with Gasteiger partial charge in [0.2, 0.25) is 5.89 Å². The van der Waals surface area contributed by atoms with Gasteiger partial charge in [0, 0.05) is 12.0 Å². The van der Waals surface area contributed by atoms with Crippen LogP contribution in [-0.4, -0.2) is 18.6 Å². The fourth-order valence-electron chi connectivity index (χ4n) is 1.55. The fourth-order valence-corrected chi connectivity index (χ4v) is 1.55. The number of ether oxygens (including phenoxy) is 1. The highest BCUT2D eigenvalue weighted by atomic mass is 16.5. The highest BCUT2D eigenvalue weighted by Crippen LogP contribution is 2.28. The maximum absolute atomic E-state index is 5.74. The van der Waals surface area contributed by atoms with E-state index in [1.807, 2.05) is 6.07 Å². The Bertz CT molecular complexity index is 508. The lowest BCUT2D eigenvalue weighted by molar-refractivity contribution is 0.417. The van der Waals surface area contributed by atoms with Crippen molar-refractivity contribution in [2.75, 3.05) is 19.4 Å². The molecule has 0 bridgehead atoms. The summed E-state index contributed by atoms with van der Waals surface area (Å²) in [7, 11) is 1.57. The number of nitrogens with zero attached hydrogens (tertiary/aromatic N) is 1. The first-order chi connectivity index (χ1) is 8.24. The molecule has 1 heterocycles. The second kappa shape index (κ2) is 4.88. The first-order valence-electron chi connectivity index (χ1n) is 5.33. The molecule has 0 unspecified atom stereocenters. The molecule has 0 fully saturated rings. The van der Waals surface area contributed by atoms with Crippen LogP contribution >= 0.6 is 0 Å². The summed E-state index contributed by atoms with van der Waals surface area (Å²) in [6.45, 7) is 0.553. The third kappa shape index (κ3) is 2.39. The molecule has 2 rings (SSSR count). The van der Waals surface area contributed by atoms with Crippen molar-refractivity contribution in [2.24, 2.45) is 5.73 Å². The molecule has 1 aromatic heterocycles. The molecule has 5 nitrogen and oxygen atoms in total. The molecule has 17 heavy (non-hydrogen) atoms. The third-order valence-corrected chi connectivity index (χ3v) is 2.43. The Balaban J connectivity index is 2.32. The van der Waals surface area contributed by atoms with Crippen LogP contribution in [0.1, 0.15) is 5.69 Å². The molecule has 1 aromatic carbocycles. The zero-order valence-corrected chi connectivity index (χ0v) is 9.64. The van der Waals surface area contributed by atoms with E-state index in [9.17, 15) is 0 Å². The van der Waals surface area contributed by atoms with Gasteiger partial charge in [-0.3, -0.25) is 0 Å². The van der Waals surface area contributed by atoms with E-state index in [2.05, 4.69) is 4.98 Å². The highest BCUT2D eigenvalue weighted by Gasteiger charge is 2.08. The standard InChI is InChI=1S/C12H15N3O2/c1-16-11-6-8(2-3-10(11)14)12-15-9(4-5-13)7-17-12/h2-3,6-7H,4-5,13-14H2,1H3. The molecule has 2 aromatic rings. The number of nitrogens with two attached hydrogens (primary N) is 2. The van der Waals surface area contributed by atoms with Crippen molar-refractivity contribution in [3.63, 3.8) is 0 Å². The molecule has 5 heteroatoms. The van der Waals surface area contributed by atoms with Gasteiger partial charge in [-0.05, 0) is 24.7 Å². The van der Waals surface area contributed by atoms with Crippen LogP contribution in [0.3, 0.4) is 0 Å². The maximum Gasteiger partial charge on any atom is 0.226 e. The van der Waals surface area contributed by atoms with Crippen LogP contribution in [0.2, 0.25) is 0 Å². The van der Waals surface area contributed by atoms with Crippen LogP contribution in [0.25, 0.3) is 11.5 Å². The van der Waals surface area contributed by atoms with Crippen LogP contribution in [0.15, 0.2) is 28.9 Å². The van der Waals surface area contributed by atoms with Crippen molar-refractivity contribution in [1.29, 1.82) is 0 Å². The zero-order chi connectivity index (χ0) is 12.3. The molecule has 0 saturated carbocycles. The number of benzene rings is 1. The van der Waals surface area contributed by atoms with Gasteiger partial charge in [-0.2, -0.15) is 0 Å². The molecule has 0 aliphatic carbocycles. The molecule has 90 valence electrons. The Hall–Kier alpha value is -2.01. The van der Waals surface area contributed by atoms with Gasteiger partial charge in [0.25, 0.3) is 0 Å². The lowest BCUT2D eigenvalue weighted by atomic mass is 10.2. The van der Waals surface area contributed by atoms with E-state index in [-0.39, 0.29) is 0 Å². The normalized spacial score (nSPS) is 10.5. The summed E-state index contributed by atoms with van der Waals surface area (Å²) in [6, 6.07) is 5.41. The Kier molecular flexibility index (Phi) is 3.30. The predicted octanol–water partition coefficient (Wildman–Crippen LogP) is 1.43. The summed E-state index contributed by atoms with van der Waals surface area (Å²) in [6.07, 6.45) is 2.32. The molecule has 0 radical (unpaired) electrons. The number of hydrogen-bond acceptors (Lipinski definition) is 5. The van der Waals surface area contributed by atoms with Gasteiger partial charge >= 0.3 is 0 Å². The monoisotopic (exact) mass is 233 g/mol. The van der Waals surface area contributed by atoms with E-state index in [4.69, 9.17) is 20.6 Å². The third-order valence-electron chi connectivity index (χ3n) is 2.43. The van der Waals surface area contributed by atoms with Gasteiger partial charge in [-0.15, -0.1) is 0 Å². The predicted molar refractivity (Wildman–Crippen MR) is 65.7 cm³/mol. The molecule has 0 aliphatic heterocycles. The van der Waals surface area contributed by atoms with Crippen LogP contribution in [0.4, 0.5) is 5.69 Å². The van der Waals surface area contributed by atoms with Gasteiger partial charge < -0.3 is 20.6 Å². The number of anilines is 1. The summed E-state index contributed by atoms with van der Waals surface area (Å²) in [5, 5.41) is 0.